The smallest absolute Gasteiger partial charge is 0.314 e. The number of benzene rings is 2. The van der Waals surface area contributed by atoms with Crippen LogP contribution < -0.4 is 31.1 Å². The van der Waals surface area contributed by atoms with Gasteiger partial charge in [-0.25, -0.2) is 27.2 Å². The van der Waals surface area contributed by atoms with E-state index in [0.717, 1.165) is 25.7 Å². The second-order valence-electron chi connectivity index (χ2n) is 15.9. The minimum atomic E-state index is -0.970. The normalized spacial score (nSPS) is 35.0. The van der Waals surface area contributed by atoms with Gasteiger partial charge in [-0.2, -0.15) is 0 Å². The molecule has 6 fully saturated rings. The molecule has 55 heavy (non-hydrogen) atoms. The van der Waals surface area contributed by atoms with Crippen molar-refractivity contribution < 1.29 is 27.2 Å². The number of hydrogen-bond donors (Lipinski definition) is 4. The number of anilines is 2. The maximum atomic E-state index is 14.4. The molecule has 2 saturated carbocycles. The van der Waals surface area contributed by atoms with Crippen molar-refractivity contribution in [1.82, 2.24) is 21.3 Å². The number of rotatable bonds is 4. The minimum absolute atomic E-state index is 0. The van der Waals surface area contributed by atoms with E-state index in [4.69, 9.17) is 9.98 Å². The third-order valence-electron chi connectivity index (χ3n) is 12.0. The van der Waals surface area contributed by atoms with E-state index < -0.39 is 35.5 Å². The van der Waals surface area contributed by atoms with Gasteiger partial charge in [0.05, 0.1) is 12.1 Å². The summed E-state index contributed by atoms with van der Waals surface area (Å²) < 4.78 is 56.5. The number of nitrogens with one attached hydrogen (secondary N) is 4. The Morgan fingerprint density at radius 3 is 1.42 bits per heavy atom. The van der Waals surface area contributed by atoms with Gasteiger partial charge < -0.3 is 10.6 Å². The predicted molar refractivity (Wildman–Crippen MR) is 210 cm³/mol. The molecule has 4 amide bonds. The summed E-state index contributed by atoms with van der Waals surface area (Å²) in [5.41, 5.74) is -0.362. The molecule has 8 rings (SSSR count). The molecule has 2 aliphatic carbocycles. The highest BCUT2D eigenvalue weighted by Gasteiger charge is 2.55. The molecule has 4 aliphatic heterocycles. The van der Waals surface area contributed by atoms with Crippen LogP contribution in [0.4, 0.5) is 38.5 Å². The van der Waals surface area contributed by atoms with Crippen molar-refractivity contribution in [2.45, 2.75) is 146 Å². The summed E-state index contributed by atoms with van der Waals surface area (Å²) in [4.78, 5) is 38.5. The fourth-order valence-electron chi connectivity index (χ4n) is 9.41. The average Bonchev–Trinajstić information content (AvgIpc) is 3.53. The van der Waals surface area contributed by atoms with Crippen molar-refractivity contribution in [2.75, 3.05) is 22.9 Å². The lowest BCUT2D eigenvalue weighted by Gasteiger charge is -2.43. The molecule has 4 heterocycles. The number of aliphatic imine (C=N–C) groups is 2. The third kappa shape index (κ3) is 8.26. The Morgan fingerprint density at radius 1 is 0.655 bits per heavy atom. The highest BCUT2D eigenvalue weighted by atomic mass is 19.1. The van der Waals surface area contributed by atoms with Gasteiger partial charge in [-0.3, -0.25) is 30.4 Å². The Kier molecular flexibility index (Phi) is 12.5. The Labute approximate surface area is 322 Å². The molecule has 0 aromatic heterocycles. The zero-order valence-corrected chi connectivity index (χ0v) is 31.1. The van der Waals surface area contributed by atoms with Crippen molar-refractivity contribution in [2.24, 2.45) is 9.98 Å². The predicted octanol–water partition coefficient (Wildman–Crippen LogP) is 7.73. The standard InChI is InChI=1S/2C20H26F2N4O.CH4/c2*1-13-12-20(9-10-23-13)18(24-17-8-3-2-7-16(17)22)25-19(27)26(20)15-6-4-5-14(21)11-15;/h2*4-6,11,13,16-17,23H,2-3,7-10,12H2,1H3,(H,24,25,27);1H4/t13-,16+,17+,20+;13-,16-,17-,20+;/m00./s1. The first-order valence-electron chi connectivity index (χ1n) is 19.6. The molecule has 14 heteroatoms. The molecule has 6 aliphatic rings. The molecule has 10 nitrogen and oxygen atoms in total. The molecular formula is C41H56F4N8O2. The topological polar surface area (TPSA) is 113 Å². The van der Waals surface area contributed by atoms with Crippen LogP contribution in [0.3, 0.4) is 0 Å². The van der Waals surface area contributed by atoms with Crippen LogP contribution in [0.15, 0.2) is 58.5 Å². The second kappa shape index (κ2) is 17.0. The van der Waals surface area contributed by atoms with Crippen LogP contribution in [0, 0.1) is 11.6 Å². The van der Waals surface area contributed by atoms with Crippen LogP contribution in [-0.4, -0.2) is 84.4 Å². The monoisotopic (exact) mass is 768 g/mol. The van der Waals surface area contributed by atoms with Crippen molar-refractivity contribution in [3.05, 3.63) is 60.2 Å². The molecule has 0 bridgehead atoms. The van der Waals surface area contributed by atoms with Crippen LogP contribution in [-0.2, 0) is 0 Å². The van der Waals surface area contributed by atoms with Gasteiger partial charge in [-0.15, -0.1) is 0 Å². The highest BCUT2D eigenvalue weighted by molar-refractivity contribution is 6.20. The molecular weight excluding hydrogens is 712 g/mol. The van der Waals surface area contributed by atoms with Crippen molar-refractivity contribution in [3.63, 3.8) is 0 Å². The van der Waals surface area contributed by atoms with Gasteiger partial charge in [-0.1, -0.05) is 45.2 Å². The summed E-state index contributed by atoms with van der Waals surface area (Å²) in [6, 6.07) is 11.0. The lowest BCUT2D eigenvalue weighted by Crippen LogP contribution is -2.58. The van der Waals surface area contributed by atoms with Crippen LogP contribution in [0.25, 0.3) is 0 Å². The zero-order chi connectivity index (χ0) is 38.0. The number of amides is 4. The van der Waals surface area contributed by atoms with Crippen LogP contribution in [0.1, 0.15) is 98.3 Å². The number of carbonyl (C=O) groups is 2. The molecule has 300 valence electrons. The van der Waals surface area contributed by atoms with Gasteiger partial charge in [0, 0.05) is 23.5 Å². The first kappa shape index (κ1) is 40.6. The Morgan fingerprint density at radius 2 is 1.05 bits per heavy atom. The minimum Gasteiger partial charge on any atom is -0.314 e. The number of urea groups is 2. The summed E-state index contributed by atoms with van der Waals surface area (Å²) in [5.74, 6) is 0.303. The van der Waals surface area contributed by atoms with E-state index in [1.807, 2.05) is 0 Å². The number of piperidine rings is 2. The molecule has 4 saturated heterocycles. The summed E-state index contributed by atoms with van der Waals surface area (Å²) in [6.07, 6.45) is 6.76. The molecule has 4 N–H and O–H groups in total. The number of carbonyl (C=O) groups excluding carboxylic acids is 2. The SMILES string of the molecule is C.C[C@H]1C[C@]2(CCN1)C(=N[C@@H]1CCCC[C@H]1F)NC(=O)N2c1cccc(F)c1.C[C@H]1C[C@]2(CCN1)C(=N[C@H]1CCCC[C@@H]1F)NC(=O)N2c1cccc(F)c1. The lowest BCUT2D eigenvalue weighted by atomic mass is 9.82. The molecule has 8 atom stereocenters. The fourth-order valence-corrected chi connectivity index (χ4v) is 9.41. The van der Waals surface area contributed by atoms with Gasteiger partial charge in [0.15, 0.2) is 0 Å². The van der Waals surface area contributed by atoms with E-state index in [2.05, 4.69) is 35.1 Å². The van der Waals surface area contributed by atoms with Crippen molar-refractivity contribution in [1.29, 1.82) is 0 Å². The number of halogens is 4. The Balaban J connectivity index is 0.000000184. The molecule has 2 spiro atoms. The Hall–Kier alpha value is -4.04. The fraction of sp³-hybridized carbons (Fsp3) is 0.610. The maximum absolute atomic E-state index is 14.4. The summed E-state index contributed by atoms with van der Waals surface area (Å²) in [7, 11) is 0. The van der Waals surface area contributed by atoms with Gasteiger partial charge >= 0.3 is 12.1 Å². The highest BCUT2D eigenvalue weighted by Crippen LogP contribution is 2.40. The van der Waals surface area contributed by atoms with E-state index in [9.17, 15) is 27.2 Å². The largest absolute Gasteiger partial charge is 0.328 e. The quantitative estimate of drug-likeness (QED) is 0.239. The summed E-state index contributed by atoms with van der Waals surface area (Å²) in [6.45, 7) is 5.54. The van der Waals surface area contributed by atoms with Crippen molar-refractivity contribution >= 4 is 35.1 Å². The lowest BCUT2D eigenvalue weighted by molar-refractivity contribution is 0.218. The number of hydrogen-bond acceptors (Lipinski definition) is 6. The van der Waals surface area contributed by atoms with E-state index in [1.165, 1.54) is 24.3 Å². The van der Waals surface area contributed by atoms with Crippen LogP contribution >= 0.6 is 0 Å². The Bertz CT molecular complexity index is 1640. The number of nitrogens with zero attached hydrogens (tertiary/aromatic N) is 4. The van der Waals surface area contributed by atoms with Crippen LogP contribution in [0.2, 0.25) is 0 Å². The van der Waals surface area contributed by atoms with E-state index in [1.54, 1.807) is 34.1 Å². The second-order valence-corrected chi connectivity index (χ2v) is 15.9. The van der Waals surface area contributed by atoms with E-state index in [0.29, 0.717) is 87.5 Å². The molecule has 0 unspecified atom stereocenters. The summed E-state index contributed by atoms with van der Waals surface area (Å²) >= 11 is 0. The van der Waals surface area contributed by atoms with Gasteiger partial charge in [0.25, 0.3) is 0 Å². The first-order valence-corrected chi connectivity index (χ1v) is 19.6. The van der Waals surface area contributed by atoms with Gasteiger partial charge in [-0.05, 0) is 115 Å². The molecule has 0 radical (unpaired) electrons. The van der Waals surface area contributed by atoms with Gasteiger partial charge in [0.1, 0.15) is 46.7 Å². The zero-order valence-electron chi connectivity index (χ0n) is 31.1. The molecule has 2 aromatic carbocycles. The van der Waals surface area contributed by atoms with E-state index in [-0.39, 0.29) is 43.2 Å². The molecule has 2 aromatic rings. The number of amidine groups is 2. The third-order valence-corrected chi connectivity index (χ3v) is 12.0. The van der Waals surface area contributed by atoms with E-state index >= 15 is 0 Å². The first-order chi connectivity index (χ1) is 26.0. The van der Waals surface area contributed by atoms with Crippen LogP contribution in [0.5, 0.6) is 0 Å². The average molecular weight is 769 g/mol. The summed E-state index contributed by atoms with van der Waals surface area (Å²) in [5, 5.41) is 12.6. The van der Waals surface area contributed by atoms with Crippen molar-refractivity contribution in [3.8, 4) is 0 Å². The number of alkyl halides is 2. The van der Waals surface area contributed by atoms with Gasteiger partial charge in [0.2, 0.25) is 0 Å². The maximum Gasteiger partial charge on any atom is 0.328 e.